The van der Waals surface area contributed by atoms with Crippen LogP contribution in [-0.4, -0.2) is 17.9 Å². The van der Waals surface area contributed by atoms with E-state index in [9.17, 15) is 4.79 Å². The molecule has 2 rings (SSSR count). The van der Waals surface area contributed by atoms with E-state index in [1.807, 2.05) is 14.0 Å². The van der Waals surface area contributed by atoms with Crippen LogP contribution in [0.4, 0.5) is 0 Å². The Kier molecular flexibility index (Phi) is 2.06. The number of allylic oxidation sites excluding steroid dienone is 4. The molecular formula is C10H12BrNO. The average Bonchev–Trinajstić information content (AvgIpc) is 2.32. The van der Waals surface area contributed by atoms with Gasteiger partial charge in [0.25, 0.3) is 0 Å². The summed E-state index contributed by atoms with van der Waals surface area (Å²) in [6, 6.07) is 0. The van der Waals surface area contributed by atoms with Crippen LogP contribution in [0.2, 0.25) is 0 Å². The highest BCUT2D eigenvalue weighted by atomic mass is 79.9. The first-order valence-electron chi connectivity index (χ1n) is 4.46. The monoisotopic (exact) mass is 241 g/mol. The van der Waals surface area contributed by atoms with Crippen molar-refractivity contribution in [3.63, 3.8) is 0 Å². The minimum absolute atomic E-state index is 0.146. The minimum Gasteiger partial charge on any atom is -0.319 e. The van der Waals surface area contributed by atoms with Crippen molar-refractivity contribution in [3.05, 3.63) is 22.3 Å². The van der Waals surface area contributed by atoms with E-state index in [4.69, 9.17) is 0 Å². The normalized spacial score (nSPS) is 32.8. The summed E-state index contributed by atoms with van der Waals surface area (Å²) < 4.78 is 1.09. The van der Waals surface area contributed by atoms with Crippen LogP contribution in [-0.2, 0) is 4.79 Å². The molecule has 2 atom stereocenters. The third-order valence-electron chi connectivity index (χ3n) is 2.94. The maximum atomic E-state index is 11.6. The van der Waals surface area contributed by atoms with Crippen molar-refractivity contribution in [1.82, 2.24) is 4.90 Å². The van der Waals surface area contributed by atoms with E-state index in [0.717, 1.165) is 16.6 Å². The van der Waals surface area contributed by atoms with Crippen LogP contribution >= 0.6 is 15.9 Å². The smallest absolute Gasteiger partial charge is 0.229 e. The standard InChI is InChI=1S/C10H12BrNO/c1-6-8-4-3-7(11)5-9(8)12(2)10(6)13/h3,5-6,8H,4H2,1-2H3. The molecule has 1 amide bonds. The number of fused-ring (bicyclic) bond motifs is 1. The second kappa shape index (κ2) is 2.98. The van der Waals surface area contributed by atoms with E-state index < -0.39 is 0 Å². The molecule has 3 heteroatoms. The summed E-state index contributed by atoms with van der Waals surface area (Å²) in [5.41, 5.74) is 1.16. The van der Waals surface area contributed by atoms with E-state index in [2.05, 4.69) is 28.1 Å². The summed E-state index contributed by atoms with van der Waals surface area (Å²) >= 11 is 3.44. The fourth-order valence-electron chi connectivity index (χ4n) is 2.08. The van der Waals surface area contributed by atoms with Crippen molar-refractivity contribution < 1.29 is 4.79 Å². The summed E-state index contributed by atoms with van der Waals surface area (Å²) in [5, 5.41) is 0. The molecule has 0 saturated carbocycles. The zero-order chi connectivity index (χ0) is 9.59. The van der Waals surface area contributed by atoms with Crippen molar-refractivity contribution >= 4 is 21.8 Å². The molecule has 0 N–H and O–H groups in total. The van der Waals surface area contributed by atoms with Crippen LogP contribution in [0.3, 0.4) is 0 Å². The van der Waals surface area contributed by atoms with Gasteiger partial charge in [0, 0.05) is 29.1 Å². The number of nitrogens with zero attached hydrogens (tertiary/aromatic N) is 1. The first kappa shape index (κ1) is 9.00. The van der Waals surface area contributed by atoms with Gasteiger partial charge in [-0.3, -0.25) is 4.79 Å². The summed E-state index contributed by atoms with van der Waals surface area (Å²) in [6.07, 6.45) is 5.16. The van der Waals surface area contributed by atoms with E-state index in [1.54, 1.807) is 4.90 Å². The second-order valence-corrected chi connectivity index (χ2v) is 4.60. The SMILES string of the molecule is CC1C(=O)N(C)C2=CC(Br)=CCC21. The van der Waals surface area contributed by atoms with Crippen molar-refractivity contribution in [2.24, 2.45) is 11.8 Å². The second-order valence-electron chi connectivity index (χ2n) is 3.69. The van der Waals surface area contributed by atoms with Crippen LogP contribution in [0.15, 0.2) is 22.3 Å². The van der Waals surface area contributed by atoms with Gasteiger partial charge in [0.1, 0.15) is 0 Å². The molecule has 2 aliphatic rings. The average molecular weight is 242 g/mol. The van der Waals surface area contributed by atoms with Crippen LogP contribution in [0.1, 0.15) is 13.3 Å². The Hall–Kier alpha value is -0.570. The van der Waals surface area contributed by atoms with Gasteiger partial charge in [-0.1, -0.05) is 28.9 Å². The van der Waals surface area contributed by atoms with Crippen molar-refractivity contribution in [2.45, 2.75) is 13.3 Å². The molecule has 0 radical (unpaired) electrons. The van der Waals surface area contributed by atoms with Gasteiger partial charge in [0.2, 0.25) is 5.91 Å². The van der Waals surface area contributed by atoms with Gasteiger partial charge < -0.3 is 4.90 Å². The first-order valence-corrected chi connectivity index (χ1v) is 5.25. The zero-order valence-corrected chi connectivity index (χ0v) is 9.34. The number of hydrogen-bond acceptors (Lipinski definition) is 1. The van der Waals surface area contributed by atoms with Gasteiger partial charge in [-0.25, -0.2) is 0 Å². The van der Waals surface area contributed by atoms with Crippen molar-refractivity contribution in [1.29, 1.82) is 0 Å². The Bertz CT molecular complexity index is 319. The summed E-state index contributed by atoms with van der Waals surface area (Å²) in [7, 11) is 1.86. The highest BCUT2D eigenvalue weighted by molar-refractivity contribution is 9.11. The largest absolute Gasteiger partial charge is 0.319 e. The summed E-state index contributed by atoms with van der Waals surface area (Å²) in [6.45, 7) is 2.01. The number of carbonyl (C=O) groups is 1. The van der Waals surface area contributed by atoms with E-state index in [1.165, 1.54) is 0 Å². The maximum Gasteiger partial charge on any atom is 0.229 e. The van der Waals surface area contributed by atoms with Gasteiger partial charge in [-0.05, 0) is 12.5 Å². The molecule has 70 valence electrons. The van der Waals surface area contributed by atoms with Crippen molar-refractivity contribution in [2.75, 3.05) is 7.05 Å². The molecule has 0 spiro atoms. The van der Waals surface area contributed by atoms with Crippen LogP contribution in [0, 0.1) is 11.8 Å². The lowest BCUT2D eigenvalue weighted by Gasteiger charge is -2.18. The third kappa shape index (κ3) is 1.26. The first-order chi connectivity index (χ1) is 6.11. The maximum absolute atomic E-state index is 11.6. The Labute approximate surface area is 86.4 Å². The van der Waals surface area contributed by atoms with E-state index in [-0.39, 0.29) is 11.8 Å². The number of amides is 1. The molecule has 1 aliphatic heterocycles. The van der Waals surface area contributed by atoms with Gasteiger partial charge in [0.15, 0.2) is 0 Å². The lowest BCUT2D eigenvalue weighted by molar-refractivity contribution is -0.129. The number of likely N-dealkylation sites (tertiary alicyclic amines) is 1. The van der Waals surface area contributed by atoms with Crippen LogP contribution < -0.4 is 0 Å². The van der Waals surface area contributed by atoms with Gasteiger partial charge in [-0.2, -0.15) is 0 Å². The molecule has 1 aliphatic carbocycles. The molecule has 1 fully saturated rings. The van der Waals surface area contributed by atoms with Gasteiger partial charge in [-0.15, -0.1) is 0 Å². The highest BCUT2D eigenvalue weighted by Crippen LogP contribution is 2.39. The molecule has 0 aromatic rings. The van der Waals surface area contributed by atoms with Gasteiger partial charge >= 0.3 is 0 Å². The fraction of sp³-hybridized carbons (Fsp3) is 0.500. The Morgan fingerprint density at radius 2 is 2.31 bits per heavy atom. The lowest BCUT2D eigenvalue weighted by atomic mass is 9.89. The highest BCUT2D eigenvalue weighted by Gasteiger charge is 2.39. The van der Waals surface area contributed by atoms with E-state index in [0.29, 0.717) is 5.92 Å². The van der Waals surface area contributed by atoms with Crippen LogP contribution in [0.5, 0.6) is 0 Å². The topological polar surface area (TPSA) is 20.3 Å². The summed E-state index contributed by atoms with van der Waals surface area (Å²) in [4.78, 5) is 13.4. The molecule has 0 aromatic carbocycles. The molecule has 0 aromatic heterocycles. The third-order valence-corrected chi connectivity index (χ3v) is 3.50. The number of rotatable bonds is 0. The molecular weight excluding hydrogens is 230 g/mol. The Morgan fingerprint density at radius 3 is 3.00 bits per heavy atom. The predicted octanol–water partition coefficient (Wildman–Crippen LogP) is 2.28. The molecule has 0 bridgehead atoms. The predicted molar refractivity (Wildman–Crippen MR) is 55.1 cm³/mol. The van der Waals surface area contributed by atoms with Crippen molar-refractivity contribution in [3.8, 4) is 0 Å². The molecule has 2 nitrogen and oxygen atoms in total. The number of carbonyl (C=O) groups excluding carboxylic acids is 1. The fourth-order valence-corrected chi connectivity index (χ4v) is 2.50. The quantitative estimate of drug-likeness (QED) is 0.638. The number of halogens is 1. The molecule has 2 unspecified atom stereocenters. The van der Waals surface area contributed by atoms with Crippen LogP contribution in [0.25, 0.3) is 0 Å². The molecule has 13 heavy (non-hydrogen) atoms. The Morgan fingerprint density at radius 1 is 1.62 bits per heavy atom. The summed E-state index contributed by atoms with van der Waals surface area (Å²) in [5.74, 6) is 0.791. The minimum atomic E-state index is 0.146. The van der Waals surface area contributed by atoms with Gasteiger partial charge in [0.05, 0.1) is 0 Å². The van der Waals surface area contributed by atoms with E-state index >= 15 is 0 Å². The zero-order valence-electron chi connectivity index (χ0n) is 7.75. The molecule has 1 saturated heterocycles. The Balaban J connectivity index is 2.38. The lowest BCUT2D eigenvalue weighted by Crippen LogP contribution is -2.20. The number of hydrogen-bond donors (Lipinski definition) is 0. The molecule has 1 heterocycles.